The van der Waals surface area contributed by atoms with Gasteiger partial charge in [0.05, 0.1) is 13.1 Å². The smallest absolute Gasteiger partial charge is 0.227 e. The van der Waals surface area contributed by atoms with Crippen LogP contribution in [0.1, 0.15) is 45.2 Å². The van der Waals surface area contributed by atoms with Gasteiger partial charge in [-0.25, -0.2) is 4.99 Å². The molecule has 0 aliphatic carbocycles. The number of benzene rings is 2. The van der Waals surface area contributed by atoms with Crippen molar-refractivity contribution in [3.63, 3.8) is 0 Å². The van der Waals surface area contributed by atoms with Crippen LogP contribution in [0.4, 0.5) is 5.69 Å². The highest BCUT2D eigenvalue weighted by Crippen LogP contribution is 2.19. The molecule has 0 spiro atoms. The van der Waals surface area contributed by atoms with Crippen LogP contribution in [0.15, 0.2) is 59.6 Å². The normalized spacial score (nSPS) is 14.5. The van der Waals surface area contributed by atoms with Gasteiger partial charge in [-0.2, -0.15) is 0 Å². The highest BCUT2D eigenvalue weighted by Gasteiger charge is 2.22. The average Bonchev–Trinajstić information content (AvgIpc) is 2.76. The first-order valence-corrected chi connectivity index (χ1v) is 10.6. The van der Waals surface area contributed by atoms with Crippen molar-refractivity contribution in [3.05, 3.63) is 65.7 Å². The molecule has 0 aliphatic heterocycles. The summed E-state index contributed by atoms with van der Waals surface area (Å²) in [7, 11) is 0. The average molecular weight is 411 g/mol. The van der Waals surface area contributed by atoms with Gasteiger partial charge in [0, 0.05) is 18.2 Å². The summed E-state index contributed by atoms with van der Waals surface area (Å²) in [5, 5.41) is 20.2. The van der Waals surface area contributed by atoms with E-state index in [1.807, 2.05) is 75.4 Å². The predicted octanol–water partition coefficient (Wildman–Crippen LogP) is 3.63. The van der Waals surface area contributed by atoms with Crippen LogP contribution in [0.3, 0.4) is 0 Å². The third kappa shape index (κ3) is 7.19. The zero-order valence-electron chi connectivity index (χ0n) is 18.4. The summed E-state index contributed by atoms with van der Waals surface area (Å²) in [4.78, 5) is 16.7. The molecule has 0 aliphatic rings. The largest absolute Gasteiger partial charge is 0.384 e. The summed E-state index contributed by atoms with van der Waals surface area (Å²) < 4.78 is 0. The van der Waals surface area contributed by atoms with E-state index in [1.165, 1.54) is 0 Å². The number of amides is 1. The Labute approximate surface area is 179 Å². The number of nitrogens with zero attached hydrogens (tertiary/aromatic N) is 1. The third-order valence-corrected chi connectivity index (χ3v) is 5.01. The van der Waals surface area contributed by atoms with Crippen molar-refractivity contribution in [2.75, 3.05) is 18.4 Å². The number of carbonyl (C=O) groups is 1. The van der Waals surface area contributed by atoms with E-state index in [-0.39, 0.29) is 11.8 Å². The van der Waals surface area contributed by atoms with Crippen molar-refractivity contribution in [1.29, 1.82) is 0 Å². The maximum Gasteiger partial charge on any atom is 0.227 e. The molecule has 0 radical (unpaired) electrons. The molecule has 2 rings (SSSR count). The minimum atomic E-state index is -1.02. The Morgan fingerprint density at radius 2 is 1.83 bits per heavy atom. The summed E-state index contributed by atoms with van der Waals surface area (Å²) in [5.41, 5.74) is 1.59. The van der Waals surface area contributed by atoms with E-state index in [0.29, 0.717) is 25.6 Å². The van der Waals surface area contributed by atoms with Gasteiger partial charge in [0.25, 0.3) is 0 Å². The summed E-state index contributed by atoms with van der Waals surface area (Å²) >= 11 is 0. The molecule has 2 aromatic rings. The van der Waals surface area contributed by atoms with Gasteiger partial charge in [-0.1, -0.05) is 56.3 Å². The molecule has 2 unspecified atom stereocenters. The Morgan fingerprint density at radius 3 is 2.50 bits per heavy atom. The van der Waals surface area contributed by atoms with E-state index in [9.17, 15) is 9.90 Å². The summed E-state index contributed by atoms with van der Waals surface area (Å²) in [6.07, 6.45) is 0.806. The zero-order chi connectivity index (χ0) is 22.0. The summed E-state index contributed by atoms with van der Waals surface area (Å²) in [6.45, 7) is 9.19. The molecule has 2 atom stereocenters. The second-order valence-electron chi connectivity index (χ2n) is 7.69. The van der Waals surface area contributed by atoms with E-state index in [4.69, 9.17) is 0 Å². The lowest BCUT2D eigenvalue weighted by Gasteiger charge is -2.25. The van der Waals surface area contributed by atoms with Crippen molar-refractivity contribution in [3.8, 4) is 0 Å². The molecule has 30 heavy (non-hydrogen) atoms. The van der Waals surface area contributed by atoms with Crippen molar-refractivity contribution < 1.29 is 9.90 Å². The van der Waals surface area contributed by atoms with E-state index in [1.54, 1.807) is 6.92 Å². The zero-order valence-corrected chi connectivity index (χ0v) is 18.4. The molecular weight excluding hydrogens is 376 g/mol. The summed E-state index contributed by atoms with van der Waals surface area (Å²) in [5.74, 6) is 0.632. The summed E-state index contributed by atoms with van der Waals surface area (Å²) in [6, 6.07) is 17.3. The standard InChI is InChI=1S/C24H34N4O2/c1-5-18(3)22(29)28-21-14-10-11-19(15-21)16-26-23(25-6-2)27-17-24(4,30)20-12-8-7-9-13-20/h7-15,18,30H,5-6,16-17H2,1-4H3,(H,28,29)(H2,25,26,27). The van der Waals surface area contributed by atoms with E-state index in [0.717, 1.165) is 23.2 Å². The first kappa shape index (κ1) is 23.4. The molecule has 6 nitrogen and oxygen atoms in total. The molecule has 0 aromatic heterocycles. The van der Waals surface area contributed by atoms with Gasteiger partial charge in [-0.15, -0.1) is 0 Å². The van der Waals surface area contributed by atoms with Gasteiger partial charge in [0.1, 0.15) is 5.60 Å². The first-order valence-electron chi connectivity index (χ1n) is 10.6. The minimum absolute atomic E-state index is 0.0198. The number of hydrogen-bond donors (Lipinski definition) is 4. The van der Waals surface area contributed by atoms with Gasteiger partial charge in [-0.3, -0.25) is 4.79 Å². The number of anilines is 1. The number of hydrogen-bond acceptors (Lipinski definition) is 3. The van der Waals surface area contributed by atoms with Gasteiger partial charge in [0.2, 0.25) is 5.91 Å². The molecular formula is C24H34N4O2. The SMILES string of the molecule is CCNC(=NCc1cccc(NC(=O)C(C)CC)c1)NCC(C)(O)c1ccccc1. The molecule has 2 aromatic carbocycles. The molecule has 0 fully saturated rings. The van der Waals surface area contributed by atoms with Crippen molar-refractivity contribution >= 4 is 17.6 Å². The minimum Gasteiger partial charge on any atom is -0.384 e. The second-order valence-corrected chi connectivity index (χ2v) is 7.69. The molecule has 0 saturated heterocycles. The number of rotatable bonds is 9. The van der Waals surface area contributed by atoms with Crippen LogP contribution < -0.4 is 16.0 Å². The lowest BCUT2D eigenvalue weighted by molar-refractivity contribution is -0.119. The Morgan fingerprint density at radius 1 is 1.10 bits per heavy atom. The van der Waals surface area contributed by atoms with Crippen molar-refractivity contribution in [2.24, 2.45) is 10.9 Å². The van der Waals surface area contributed by atoms with Crippen LogP contribution in [-0.4, -0.2) is 30.1 Å². The number of guanidine groups is 1. The number of aliphatic hydroxyl groups is 1. The van der Waals surface area contributed by atoms with Crippen LogP contribution in [0.25, 0.3) is 0 Å². The van der Waals surface area contributed by atoms with Gasteiger partial charge in [-0.05, 0) is 43.5 Å². The highest BCUT2D eigenvalue weighted by molar-refractivity contribution is 5.92. The molecule has 4 N–H and O–H groups in total. The Bertz CT molecular complexity index is 834. The van der Waals surface area contributed by atoms with Crippen LogP contribution in [-0.2, 0) is 16.9 Å². The van der Waals surface area contributed by atoms with Crippen molar-refractivity contribution in [2.45, 2.75) is 46.3 Å². The lowest BCUT2D eigenvalue weighted by Crippen LogP contribution is -2.44. The third-order valence-electron chi connectivity index (χ3n) is 5.01. The first-order chi connectivity index (χ1) is 14.4. The van der Waals surface area contributed by atoms with Gasteiger partial charge >= 0.3 is 0 Å². The number of carbonyl (C=O) groups excluding carboxylic acids is 1. The highest BCUT2D eigenvalue weighted by atomic mass is 16.3. The molecule has 6 heteroatoms. The van der Waals surface area contributed by atoms with Crippen LogP contribution >= 0.6 is 0 Å². The van der Waals surface area contributed by atoms with Crippen LogP contribution in [0.5, 0.6) is 0 Å². The van der Waals surface area contributed by atoms with Crippen molar-refractivity contribution in [1.82, 2.24) is 10.6 Å². The number of nitrogens with one attached hydrogen (secondary N) is 3. The fourth-order valence-electron chi connectivity index (χ4n) is 2.87. The Kier molecular flexibility index (Phi) is 8.87. The Hall–Kier alpha value is -2.86. The molecule has 0 saturated carbocycles. The van der Waals surface area contributed by atoms with Gasteiger partial charge < -0.3 is 21.1 Å². The fraction of sp³-hybridized carbons (Fsp3) is 0.417. The second kappa shape index (κ2) is 11.4. The number of aliphatic imine (C=N–C) groups is 1. The lowest BCUT2D eigenvalue weighted by atomic mass is 9.96. The molecule has 1 amide bonds. The topological polar surface area (TPSA) is 85.8 Å². The monoisotopic (exact) mass is 410 g/mol. The fourth-order valence-corrected chi connectivity index (χ4v) is 2.87. The quantitative estimate of drug-likeness (QED) is 0.376. The molecule has 0 bridgehead atoms. The predicted molar refractivity (Wildman–Crippen MR) is 123 cm³/mol. The van der Waals surface area contributed by atoms with E-state index < -0.39 is 5.60 Å². The van der Waals surface area contributed by atoms with E-state index in [2.05, 4.69) is 20.9 Å². The maximum absolute atomic E-state index is 12.1. The molecule has 0 heterocycles. The Balaban J connectivity index is 2.02. The van der Waals surface area contributed by atoms with Crippen LogP contribution in [0.2, 0.25) is 0 Å². The van der Waals surface area contributed by atoms with E-state index >= 15 is 0 Å². The molecule has 162 valence electrons. The van der Waals surface area contributed by atoms with Gasteiger partial charge in [0.15, 0.2) is 5.96 Å². The van der Waals surface area contributed by atoms with Crippen LogP contribution in [0, 0.1) is 5.92 Å². The maximum atomic E-state index is 12.1.